The first-order valence-corrected chi connectivity index (χ1v) is 31.6. The molecule has 23 aliphatic heterocycles. The molecule has 27 N–H and O–H groups in total. The molecule has 45 nitrogen and oxygen atoms in total. The van der Waals surface area contributed by atoms with Crippen LogP contribution < -0.4 is 0 Å². The van der Waals surface area contributed by atoms with Crippen molar-refractivity contribution in [3.8, 4) is 0 Å². The van der Waals surface area contributed by atoms with Crippen LogP contribution in [-0.4, -0.2) is 474 Å². The molecule has 1 unspecified atom stereocenters. The van der Waals surface area contributed by atoms with Crippen LogP contribution in [0, 0.1) is 0 Å². The summed E-state index contributed by atoms with van der Waals surface area (Å²) >= 11 is 0. The summed E-state index contributed by atoms with van der Waals surface area (Å²) in [4.78, 5) is 0. The molecule has 0 aliphatic carbocycles. The van der Waals surface area contributed by atoms with Crippen molar-refractivity contribution < 1.29 is 223 Å². The normalized spacial score (nSPS) is 55.1. The Bertz CT molecular complexity index is 2450. The van der Waals surface area contributed by atoms with Gasteiger partial charge in [-0.3, -0.25) is 0 Å². The van der Waals surface area contributed by atoms with Crippen molar-refractivity contribution in [1.29, 1.82) is 0 Å². The number of ether oxygens (including phenoxy) is 18. The molecule has 14 bridgehead atoms. The van der Waals surface area contributed by atoms with Crippen LogP contribution in [0.2, 0.25) is 0 Å². The summed E-state index contributed by atoms with van der Waals surface area (Å²) in [6.45, 7) is -9.86. The maximum Gasteiger partial charge on any atom is 0.187 e. The molecule has 45 atom stereocenters. The summed E-state index contributed by atoms with van der Waals surface area (Å²) in [7, 11) is 0. The van der Waals surface area contributed by atoms with Crippen LogP contribution in [0.5, 0.6) is 0 Å². The Morgan fingerprint density at radius 3 is 0.657 bits per heavy atom. The Hall–Kier alpha value is -1.80. The van der Waals surface area contributed by atoms with Gasteiger partial charge in [0.2, 0.25) is 0 Å². The minimum Gasteiger partial charge on any atom is -0.394 e. The first kappa shape index (κ1) is 79.8. The second-order valence-corrected chi connectivity index (χ2v) is 25.3. The second kappa shape index (κ2) is 34.0. The molecule has 0 saturated carbocycles. The zero-order valence-corrected chi connectivity index (χ0v) is 51.8. The van der Waals surface area contributed by atoms with Gasteiger partial charge in [-0.1, -0.05) is 0 Å². The molecule has 0 amide bonds. The third-order valence-electron chi connectivity index (χ3n) is 19.0. The predicted octanol–water partition coefficient (Wildman–Crippen LogP) is -19.6. The van der Waals surface area contributed by atoms with Crippen molar-refractivity contribution in [3.05, 3.63) is 0 Å². The van der Waals surface area contributed by atoms with Gasteiger partial charge in [0.15, 0.2) is 56.6 Å². The van der Waals surface area contributed by atoms with E-state index in [-0.39, 0.29) is 0 Å². The molecular formula is C54H90O45. The number of hydrogen-bond acceptors (Lipinski definition) is 45. The van der Waals surface area contributed by atoms with E-state index in [1.165, 1.54) is 0 Å². The Morgan fingerprint density at radius 1 is 0.182 bits per heavy atom. The molecule has 576 valence electrons. The fourth-order valence-corrected chi connectivity index (χ4v) is 13.3. The van der Waals surface area contributed by atoms with E-state index in [1.807, 2.05) is 0 Å². The molecule has 99 heavy (non-hydrogen) atoms. The number of rotatable bonds is 13. The standard InChI is InChI=1S/C54H90O45/c55-1-10-19(63)20(64)29(73)47(83-10)92-38-11(2-56)84-46(30(74)21(38)65)82-9-18-45-28(72)37(81)54(91-18)98-44-17(8-62)89-52(35(79)26(44)70)96-42-15(6-60)87-50(33(77)24(42)68)94-40-13(4-58)85-48(31(75)22(40)66)93-39-12(3-57)86-49(32(76)23(39)67)95-41-14(5-59)88-51(34(78)25(41)69)97-43-16(7-61)90-53(99-45)36(80)27(43)71/h10-81H,1-9H2/t10-,11-,12-,13-,14-,15-,16-,17-,18-,19-,20+,21-,22-,23-,24-,25-,26-,27-,28-,29-,30-,31-,32-,33-,34-,35-,36-,37-,38-,39-,40-,41-,42-,43-,44-,45-,46+,47-,48?,49-,50-,51-,52-,53-,54-/m1/s1. The monoisotopic (exact) mass is 1460 g/mol. The lowest BCUT2D eigenvalue weighted by Crippen LogP contribution is -2.68. The molecule has 23 aliphatic rings. The predicted molar refractivity (Wildman–Crippen MR) is 294 cm³/mol. The molecular weight excluding hydrogens is 1370 g/mol. The zero-order valence-electron chi connectivity index (χ0n) is 51.8. The van der Waals surface area contributed by atoms with Crippen LogP contribution >= 0.6 is 0 Å². The summed E-state index contributed by atoms with van der Waals surface area (Å²) in [5.41, 5.74) is 0. The van der Waals surface area contributed by atoms with Gasteiger partial charge in [0.25, 0.3) is 0 Å². The van der Waals surface area contributed by atoms with Gasteiger partial charge in [-0.15, -0.1) is 0 Å². The van der Waals surface area contributed by atoms with E-state index in [2.05, 4.69) is 0 Å². The van der Waals surface area contributed by atoms with Gasteiger partial charge in [-0.25, -0.2) is 0 Å². The van der Waals surface area contributed by atoms with Crippen molar-refractivity contribution in [1.82, 2.24) is 0 Å². The van der Waals surface area contributed by atoms with Crippen molar-refractivity contribution in [2.45, 2.75) is 276 Å². The van der Waals surface area contributed by atoms with Crippen molar-refractivity contribution in [2.24, 2.45) is 0 Å². The van der Waals surface area contributed by atoms with E-state index in [0.717, 1.165) is 0 Å². The van der Waals surface area contributed by atoms with Gasteiger partial charge in [-0.05, 0) is 0 Å². The summed E-state index contributed by atoms with van der Waals surface area (Å²) in [6.07, 6.45) is -94.3. The minimum absolute atomic E-state index is 0.906. The van der Waals surface area contributed by atoms with Gasteiger partial charge < -0.3 is 223 Å². The number of hydrogen-bond donors (Lipinski definition) is 27. The lowest BCUT2D eigenvalue weighted by Gasteiger charge is -2.50. The third kappa shape index (κ3) is 16.0. The van der Waals surface area contributed by atoms with Crippen molar-refractivity contribution >= 4 is 0 Å². The van der Waals surface area contributed by atoms with Gasteiger partial charge in [0, 0.05) is 0 Å². The van der Waals surface area contributed by atoms with Gasteiger partial charge in [0.05, 0.1) is 59.5 Å². The highest BCUT2D eigenvalue weighted by Crippen LogP contribution is 2.40. The highest BCUT2D eigenvalue weighted by molar-refractivity contribution is 5.03. The summed E-state index contributed by atoms with van der Waals surface area (Å²) < 4.78 is 103. The fraction of sp³-hybridized carbons (Fsp3) is 1.00. The molecule has 23 heterocycles. The molecule has 23 saturated heterocycles. The summed E-state index contributed by atoms with van der Waals surface area (Å²) in [5, 5.41) is 299. The van der Waals surface area contributed by atoms with E-state index < -0.39 is 336 Å². The topological polar surface area (TPSA) is 712 Å². The molecule has 0 aromatic carbocycles. The minimum atomic E-state index is -2.43. The summed E-state index contributed by atoms with van der Waals surface area (Å²) in [5.74, 6) is 0. The molecule has 0 spiro atoms. The van der Waals surface area contributed by atoms with Crippen LogP contribution in [0.1, 0.15) is 0 Å². The first-order valence-electron chi connectivity index (χ1n) is 31.6. The van der Waals surface area contributed by atoms with Crippen molar-refractivity contribution in [3.63, 3.8) is 0 Å². The van der Waals surface area contributed by atoms with Gasteiger partial charge in [0.1, 0.15) is 220 Å². The van der Waals surface area contributed by atoms with E-state index in [0.29, 0.717) is 0 Å². The molecule has 0 aromatic heterocycles. The van der Waals surface area contributed by atoms with Crippen molar-refractivity contribution in [2.75, 3.05) is 59.5 Å². The summed E-state index contributed by atoms with van der Waals surface area (Å²) in [6, 6.07) is 0. The first-order chi connectivity index (χ1) is 47.1. The van der Waals surface area contributed by atoms with Crippen LogP contribution in [-0.2, 0) is 85.3 Å². The lowest BCUT2D eigenvalue weighted by atomic mass is 9.95. The van der Waals surface area contributed by atoms with Crippen LogP contribution in [0.15, 0.2) is 0 Å². The number of aliphatic hydroxyl groups is 27. The Kier molecular flexibility index (Phi) is 27.4. The quantitative estimate of drug-likeness (QED) is 0.0814. The SMILES string of the molecule is OC[C@H]1O[C@H](O[C@H]2[C@H](O)[C@@H](O)[C@@H](OC[C@H]3O[C@@H]4O[C@H]5[C@H](O)[C@@H](O)[C@@H](O[C@H]6[C@H](O)[C@@H](O)[C@@H](O[C@H]7[C@H](O)[C@@H](O)C(O[C@H]8[C@H](O)[C@@H](O)[C@@H](O[C@H]9[C@H](O)[C@@H](O)[C@@H](O[C@H]%10[C@H](O)[C@@H](O)[C@@H](O[C@H]3[C@H](O)[C@H]4O)O[C@@H]%10CO)O[C@@H]9CO)O[C@@H]8CO)O[C@@H]7CO)O[C@@H]6CO)O[C@@H]5CO)O[C@@H]2CO)[C@H](O)[C@@H](O)[C@@H]1O. The molecule has 23 fully saturated rings. The molecule has 0 radical (unpaired) electrons. The smallest absolute Gasteiger partial charge is 0.187 e. The average molecular weight is 1460 g/mol. The molecule has 45 heteroatoms. The maximum atomic E-state index is 12.0. The molecule has 23 rings (SSSR count). The van der Waals surface area contributed by atoms with E-state index >= 15 is 0 Å². The van der Waals surface area contributed by atoms with Crippen LogP contribution in [0.3, 0.4) is 0 Å². The fourth-order valence-electron chi connectivity index (χ4n) is 13.3. The Balaban J connectivity index is 0.938. The van der Waals surface area contributed by atoms with Gasteiger partial charge >= 0.3 is 0 Å². The Morgan fingerprint density at radius 2 is 0.404 bits per heavy atom. The Labute approximate surface area is 558 Å². The van der Waals surface area contributed by atoms with Crippen LogP contribution in [0.25, 0.3) is 0 Å². The average Bonchev–Trinajstić information content (AvgIpc) is 0.754. The van der Waals surface area contributed by atoms with E-state index in [1.54, 1.807) is 0 Å². The highest BCUT2D eigenvalue weighted by atomic mass is 16.8. The maximum absolute atomic E-state index is 12.0. The number of aliphatic hydroxyl groups excluding tert-OH is 27. The van der Waals surface area contributed by atoms with Gasteiger partial charge in [-0.2, -0.15) is 0 Å². The van der Waals surface area contributed by atoms with Crippen LogP contribution in [0.4, 0.5) is 0 Å². The zero-order chi connectivity index (χ0) is 72.1. The third-order valence-corrected chi connectivity index (χ3v) is 19.0. The van der Waals surface area contributed by atoms with E-state index in [9.17, 15) is 138 Å². The lowest BCUT2D eigenvalue weighted by molar-refractivity contribution is -0.399. The largest absolute Gasteiger partial charge is 0.394 e. The second-order valence-electron chi connectivity index (χ2n) is 25.3. The molecule has 0 aromatic rings. The van der Waals surface area contributed by atoms with E-state index in [4.69, 9.17) is 85.3 Å². The highest BCUT2D eigenvalue weighted by Gasteiger charge is 2.61.